The molecule has 0 fully saturated rings. The molecule has 0 spiro atoms. The molecule has 1 rings (SSSR count). The van der Waals surface area contributed by atoms with Gasteiger partial charge in [-0.05, 0) is 25.0 Å². The second-order valence-electron chi connectivity index (χ2n) is 4.09. The van der Waals surface area contributed by atoms with Crippen molar-refractivity contribution in [2.75, 3.05) is 7.11 Å². The topological polar surface area (TPSA) is 46.5 Å². The second-order valence-corrected chi connectivity index (χ2v) is 4.09. The smallest absolute Gasteiger partial charge is 0.336 e. The van der Waals surface area contributed by atoms with E-state index in [1.807, 2.05) is 37.3 Å². The van der Waals surface area contributed by atoms with Gasteiger partial charge < -0.3 is 9.84 Å². The van der Waals surface area contributed by atoms with Crippen LogP contribution in [0.15, 0.2) is 35.9 Å². The van der Waals surface area contributed by atoms with Gasteiger partial charge in [0.05, 0.1) is 18.3 Å². The first-order valence-electron chi connectivity index (χ1n) is 5.59. The Kier molecular flexibility index (Phi) is 4.46. The Hall–Kier alpha value is -1.61. The van der Waals surface area contributed by atoms with Crippen molar-refractivity contribution in [3.63, 3.8) is 0 Å². The molecule has 0 aromatic heterocycles. The number of esters is 1. The van der Waals surface area contributed by atoms with Crippen LogP contribution < -0.4 is 0 Å². The molecule has 0 heterocycles. The van der Waals surface area contributed by atoms with E-state index in [0.29, 0.717) is 6.42 Å². The normalized spacial score (nSPS) is 15.2. The molecule has 1 N–H and O–H groups in total. The van der Waals surface area contributed by atoms with Gasteiger partial charge in [0.2, 0.25) is 0 Å². The number of hydrogen-bond donors (Lipinski definition) is 1. The Labute approximate surface area is 102 Å². The van der Waals surface area contributed by atoms with Crippen molar-refractivity contribution in [1.82, 2.24) is 0 Å². The average Bonchev–Trinajstić information content (AvgIpc) is 2.36. The fourth-order valence-corrected chi connectivity index (χ4v) is 1.45. The van der Waals surface area contributed by atoms with Crippen molar-refractivity contribution in [3.8, 4) is 0 Å². The summed E-state index contributed by atoms with van der Waals surface area (Å²) in [6.07, 6.45) is 2.11. The molecular formula is C14H18O3. The van der Waals surface area contributed by atoms with E-state index in [0.717, 1.165) is 5.56 Å². The van der Waals surface area contributed by atoms with Crippen molar-refractivity contribution in [2.24, 2.45) is 0 Å². The van der Waals surface area contributed by atoms with Crippen LogP contribution in [0, 0.1) is 0 Å². The molecule has 1 aromatic carbocycles. The predicted octanol–water partition coefficient (Wildman–Crippen LogP) is 2.40. The molecule has 0 aliphatic heterocycles. The summed E-state index contributed by atoms with van der Waals surface area (Å²) in [7, 11) is 1.31. The van der Waals surface area contributed by atoms with Crippen LogP contribution in [0.3, 0.4) is 0 Å². The predicted molar refractivity (Wildman–Crippen MR) is 67.3 cm³/mol. The molecule has 0 bridgehead atoms. The fraction of sp³-hybridized carbons (Fsp3) is 0.357. The number of hydrogen-bond acceptors (Lipinski definition) is 3. The summed E-state index contributed by atoms with van der Waals surface area (Å²) >= 11 is 0. The number of benzene rings is 1. The lowest BCUT2D eigenvalue weighted by atomic mass is 9.91. The maximum atomic E-state index is 11.7. The van der Waals surface area contributed by atoms with Gasteiger partial charge in [-0.25, -0.2) is 4.79 Å². The lowest BCUT2D eigenvalue weighted by molar-refractivity contribution is -0.138. The van der Waals surface area contributed by atoms with Crippen LogP contribution >= 0.6 is 0 Å². The van der Waals surface area contributed by atoms with Gasteiger partial charge in [-0.2, -0.15) is 0 Å². The van der Waals surface area contributed by atoms with Gasteiger partial charge >= 0.3 is 5.97 Å². The van der Waals surface area contributed by atoms with Crippen molar-refractivity contribution in [1.29, 1.82) is 0 Å². The molecule has 0 amide bonds. The van der Waals surface area contributed by atoms with Crippen LogP contribution in [-0.4, -0.2) is 23.8 Å². The van der Waals surface area contributed by atoms with E-state index in [1.165, 1.54) is 7.11 Å². The van der Waals surface area contributed by atoms with Crippen LogP contribution in [-0.2, 0) is 9.53 Å². The highest BCUT2D eigenvalue weighted by atomic mass is 16.5. The number of aliphatic hydroxyl groups is 1. The van der Waals surface area contributed by atoms with E-state index in [9.17, 15) is 9.90 Å². The zero-order chi connectivity index (χ0) is 12.9. The third-order valence-corrected chi connectivity index (χ3v) is 2.78. The second kappa shape index (κ2) is 5.64. The van der Waals surface area contributed by atoms with Crippen LogP contribution in [0.5, 0.6) is 0 Å². The maximum absolute atomic E-state index is 11.7. The molecule has 92 valence electrons. The van der Waals surface area contributed by atoms with Gasteiger partial charge in [-0.1, -0.05) is 37.3 Å². The lowest BCUT2D eigenvalue weighted by Crippen LogP contribution is -2.31. The van der Waals surface area contributed by atoms with Crippen molar-refractivity contribution in [2.45, 2.75) is 25.9 Å². The van der Waals surface area contributed by atoms with Gasteiger partial charge in [0.1, 0.15) is 0 Å². The van der Waals surface area contributed by atoms with E-state index in [1.54, 1.807) is 13.0 Å². The van der Waals surface area contributed by atoms with E-state index in [-0.39, 0.29) is 5.57 Å². The Balaban J connectivity index is 3.16. The monoisotopic (exact) mass is 234 g/mol. The van der Waals surface area contributed by atoms with Crippen molar-refractivity contribution < 1.29 is 14.6 Å². The van der Waals surface area contributed by atoms with Crippen LogP contribution in [0.25, 0.3) is 6.08 Å². The Morgan fingerprint density at radius 3 is 2.47 bits per heavy atom. The molecule has 0 radical (unpaired) electrons. The quantitative estimate of drug-likeness (QED) is 0.642. The molecule has 1 unspecified atom stereocenters. The summed E-state index contributed by atoms with van der Waals surface area (Å²) in [4.78, 5) is 11.7. The Bertz CT molecular complexity index is 405. The standard InChI is InChI=1S/C14H18O3/c1-4-14(2,16)12(13(15)17-3)10-11-8-6-5-7-9-11/h5-10,16H,4H2,1-3H3/b12-10+. The van der Waals surface area contributed by atoms with Crippen LogP contribution in [0.4, 0.5) is 0 Å². The van der Waals surface area contributed by atoms with E-state index >= 15 is 0 Å². The summed E-state index contributed by atoms with van der Waals surface area (Å²) in [5.41, 5.74) is -0.0431. The minimum Gasteiger partial charge on any atom is -0.466 e. The van der Waals surface area contributed by atoms with Crippen molar-refractivity contribution in [3.05, 3.63) is 41.5 Å². The van der Waals surface area contributed by atoms with Gasteiger partial charge in [0, 0.05) is 0 Å². The average molecular weight is 234 g/mol. The zero-order valence-electron chi connectivity index (χ0n) is 10.4. The molecule has 0 saturated heterocycles. The molecule has 17 heavy (non-hydrogen) atoms. The number of ether oxygens (including phenoxy) is 1. The lowest BCUT2D eigenvalue weighted by Gasteiger charge is -2.23. The highest BCUT2D eigenvalue weighted by Gasteiger charge is 2.29. The minimum atomic E-state index is -1.18. The van der Waals surface area contributed by atoms with Crippen molar-refractivity contribution >= 4 is 12.0 Å². The third kappa shape index (κ3) is 3.43. The number of rotatable bonds is 4. The highest BCUT2D eigenvalue weighted by Crippen LogP contribution is 2.23. The number of methoxy groups -OCH3 is 1. The summed E-state index contributed by atoms with van der Waals surface area (Å²) in [6.45, 7) is 3.43. The first-order chi connectivity index (χ1) is 8.01. The SMILES string of the molecule is CCC(C)(O)/C(=C/c1ccccc1)C(=O)OC. The summed E-state index contributed by atoms with van der Waals surface area (Å²) in [6, 6.07) is 9.39. The van der Waals surface area contributed by atoms with Gasteiger partial charge in [0.25, 0.3) is 0 Å². The van der Waals surface area contributed by atoms with Crippen LogP contribution in [0.1, 0.15) is 25.8 Å². The van der Waals surface area contributed by atoms with E-state index in [4.69, 9.17) is 4.74 Å². The van der Waals surface area contributed by atoms with Gasteiger partial charge in [-0.15, -0.1) is 0 Å². The zero-order valence-corrected chi connectivity index (χ0v) is 10.4. The largest absolute Gasteiger partial charge is 0.466 e. The summed E-state index contributed by atoms with van der Waals surface area (Å²) in [5, 5.41) is 10.2. The first kappa shape index (κ1) is 13.5. The molecular weight excluding hydrogens is 216 g/mol. The first-order valence-corrected chi connectivity index (χ1v) is 5.59. The maximum Gasteiger partial charge on any atom is 0.336 e. The third-order valence-electron chi connectivity index (χ3n) is 2.78. The van der Waals surface area contributed by atoms with E-state index in [2.05, 4.69) is 0 Å². The molecule has 0 saturated carbocycles. The number of carbonyl (C=O) groups excluding carboxylic acids is 1. The molecule has 0 aliphatic carbocycles. The van der Waals surface area contributed by atoms with Gasteiger partial charge in [-0.3, -0.25) is 0 Å². The number of carbonyl (C=O) groups is 1. The minimum absolute atomic E-state index is 0.272. The van der Waals surface area contributed by atoms with E-state index < -0.39 is 11.6 Å². The summed E-state index contributed by atoms with van der Waals surface area (Å²) < 4.78 is 4.71. The van der Waals surface area contributed by atoms with Gasteiger partial charge in [0.15, 0.2) is 0 Å². The Morgan fingerprint density at radius 1 is 1.41 bits per heavy atom. The molecule has 3 nitrogen and oxygen atoms in total. The molecule has 1 aromatic rings. The summed E-state index contributed by atoms with van der Waals surface area (Å²) in [5.74, 6) is -0.499. The Morgan fingerprint density at radius 2 is 2.00 bits per heavy atom. The molecule has 0 aliphatic rings. The highest BCUT2D eigenvalue weighted by molar-refractivity contribution is 5.95. The molecule has 1 atom stereocenters. The molecule has 3 heteroatoms. The fourth-order valence-electron chi connectivity index (χ4n) is 1.45. The van der Waals surface area contributed by atoms with Crippen LogP contribution in [0.2, 0.25) is 0 Å².